The van der Waals surface area contributed by atoms with Crippen molar-refractivity contribution < 1.29 is 19.1 Å². The number of allylic oxidation sites excluding steroid dienone is 1. The van der Waals surface area contributed by atoms with Gasteiger partial charge >= 0.3 is 5.97 Å². The first-order chi connectivity index (χ1) is 11.1. The highest BCUT2D eigenvalue weighted by Gasteiger charge is 2.34. The van der Waals surface area contributed by atoms with Crippen LogP contribution in [-0.4, -0.2) is 37.5 Å². The van der Waals surface area contributed by atoms with Crippen LogP contribution in [0.4, 0.5) is 0 Å². The Labute approximate surface area is 145 Å². The van der Waals surface area contributed by atoms with E-state index in [0.717, 1.165) is 18.4 Å². The van der Waals surface area contributed by atoms with Gasteiger partial charge in [-0.2, -0.15) is 0 Å². The lowest BCUT2D eigenvalue weighted by Gasteiger charge is -2.27. The molecule has 0 aromatic heterocycles. The molecule has 1 atom stereocenters. The molecule has 0 aliphatic rings. The quantitative estimate of drug-likeness (QED) is 0.383. The van der Waals surface area contributed by atoms with Crippen LogP contribution in [0.2, 0.25) is 0 Å². The molecule has 0 saturated heterocycles. The van der Waals surface area contributed by atoms with Crippen LogP contribution < -0.4 is 5.32 Å². The van der Waals surface area contributed by atoms with Crippen LogP contribution in [0, 0.1) is 16.7 Å². The second kappa shape index (κ2) is 10.1. The number of nitrogens with one attached hydrogen (secondary N) is 2. The number of amides is 1. The monoisotopic (exact) mass is 340 g/mol. The highest BCUT2D eigenvalue weighted by atomic mass is 16.5. The van der Waals surface area contributed by atoms with Crippen molar-refractivity contribution in [3.8, 4) is 0 Å². The predicted octanol–water partition coefficient (Wildman–Crippen LogP) is 3.07. The van der Waals surface area contributed by atoms with Gasteiger partial charge in [0.15, 0.2) is 0 Å². The summed E-state index contributed by atoms with van der Waals surface area (Å²) in [7, 11) is 1.30. The van der Waals surface area contributed by atoms with E-state index < -0.39 is 17.4 Å². The molecule has 0 fully saturated rings. The van der Waals surface area contributed by atoms with Crippen molar-refractivity contribution in [1.29, 1.82) is 5.41 Å². The Balaban J connectivity index is 4.81. The Morgan fingerprint density at radius 2 is 1.75 bits per heavy atom. The fraction of sp³-hybridized carbons (Fsp3) is 0.722. The maximum Gasteiger partial charge on any atom is 0.328 e. The number of hydrogen-bond donors (Lipinski definition) is 2. The van der Waals surface area contributed by atoms with Crippen molar-refractivity contribution in [2.45, 2.75) is 60.4 Å². The summed E-state index contributed by atoms with van der Waals surface area (Å²) in [5.74, 6) is -0.824. The van der Waals surface area contributed by atoms with Gasteiger partial charge in [0.25, 0.3) is 0 Å². The van der Waals surface area contributed by atoms with Gasteiger partial charge < -0.3 is 14.8 Å². The van der Waals surface area contributed by atoms with Crippen LogP contribution in [-0.2, 0) is 19.1 Å². The van der Waals surface area contributed by atoms with E-state index in [1.165, 1.54) is 7.11 Å². The molecule has 6 heteroatoms. The minimum atomic E-state index is -0.875. The molecule has 0 spiro atoms. The van der Waals surface area contributed by atoms with E-state index in [0.29, 0.717) is 0 Å². The topological polar surface area (TPSA) is 88.5 Å². The molecule has 0 aliphatic heterocycles. The Kier molecular flexibility index (Phi) is 9.33. The lowest BCUT2D eigenvalue weighted by molar-refractivity contribution is -0.148. The second-order valence-electron chi connectivity index (χ2n) is 6.76. The van der Waals surface area contributed by atoms with Crippen molar-refractivity contribution in [3.05, 3.63) is 11.6 Å². The standard InChI is InChI=1S/C18H32N2O4/c1-8-13(9-2)10-14(19)24-11-18(5,6)17(22)20-15(12(3)4)16(21)23-7/h10,12,15,19H,8-9,11H2,1-7H3,(H,20,22)/t15-/m0/s1. The summed E-state index contributed by atoms with van der Waals surface area (Å²) in [6, 6.07) is -0.701. The van der Waals surface area contributed by atoms with Gasteiger partial charge in [-0.25, -0.2) is 4.79 Å². The fourth-order valence-corrected chi connectivity index (χ4v) is 1.97. The molecule has 0 unspecified atom stereocenters. The molecule has 0 radical (unpaired) electrons. The summed E-state index contributed by atoms with van der Waals surface area (Å²) in [6.45, 7) is 11.2. The summed E-state index contributed by atoms with van der Waals surface area (Å²) in [6.07, 6.45) is 3.42. The van der Waals surface area contributed by atoms with Crippen molar-refractivity contribution >= 4 is 17.8 Å². The minimum absolute atomic E-state index is 0.0444. The molecule has 1 amide bonds. The summed E-state index contributed by atoms with van der Waals surface area (Å²) in [5, 5.41) is 10.6. The van der Waals surface area contributed by atoms with Gasteiger partial charge in [-0.15, -0.1) is 0 Å². The first-order valence-corrected chi connectivity index (χ1v) is 8.38. The van der Waals surface area contributed by atoms with E-state index in [1.807, 2.05) is 27.7 Å². The molecule has 0 rings (SSSR count). The molecular weight excluding hydrogens is 308 g/mol. The van der Waals surface area contributed by atoms with Crippen LogP contribution in [0.1, 0.15) is 54.4 Å². The Bertz CT molecular complexity index is 475. The third kappa shape index (κ3) is 7.15. The minimum Gasteiger partial charge on any atom is -0.477 e. The average molecular weight is 340 g/mol. The first kappa shape index (κ1) is 22.1. The number of hydrogen-bond acceptors (Lipinski definition) is 5. The molecule has 0 aromatic carbocycles. The fourth-order valence-electron chi connectivity index (χ4n) is 1.97. The first-order valence-electron chi connectivity index (χ1n) is 8.38. The molecule has 0 aromatic rings. The molecular formula is C18H32N2O4. The van der Waals surface area contributed by atoms with Crippen LogP contribution in [0.25, 0.3) is 0 Å². The van der Waals surface area contributed by atoms with E-state index in [2.05, 4.69) is 5.32 Å². The lowest BCUT2D eigenvalue weighted by Crippen LogP contribution is -2.50. The van der Waals surface area contributed by atoms with Crippen molar-refractivity contribution in [2.75, 3.05) is 13.7 Å². The number of ether oxygens (including phenoxy) is 2. The molecule has 0 saturated carbocycles. The van der Waals surface area contributed by atoms with E-state index in [-0.39, 0.29) is 24.3 Å². The van der Waals surface area contributed by atoms with E-state index in [4.69, 9.17) is 14.9 Å². The number of esters is 1. The zero-order valence-corrected chi connectivity index (χ0v) is 16.0. The zero-order valence-electron chi connectivity index (χ0n) is 16.0. The third-order valence-electron chi connectivity index (χ3n) is 3.86. The maximum atomic E-state index is 12.5. The van der Waals surface area contributed by atoms with E-state index in [9.17, 15) is 9.59 Å². The van der Waals surface area contributed by atoms with E-state index in [1.54, 1.807) is 19.9 Å². The number of rotatable bonds is 9. The molecule has 0 aliphatic carbocycles. The third-order valence-corrected chi connectivity index (χ3v) is 3.86. The number of carbonyl (C=O) groups is 2. The van der Waals surface area contributed by atoms with Gasteiger partial charge in [0.1, 0.15) is 12.6 Å². The molecule has 24 heavy (non-hydrogen) atoms. The predicted molar refractivity (Wildman–Crippen MR) is 94.9 cm³/mol. The smallest absolute Gasteiger partial charge is 0.328 e. The van der Waals surface area contributed by atoms with E-state index >= 15 is 0 Å². The second-order valence-corrected chi connectivity index (χ2v) is 6.76. The van der Waals surface area contributed by atoms with Crippen molar-refractivity contribution in [1.82, 2.24) is 5.32 Å². The Morgan fingerprint density at radius 3 is 2.17 bits per heavy atom. The number of carbonyl (C=O) groups excluding carboxylic acids is 2. The largest absolute Gasteiger partial charge is 0.477 e. The van der Waals surface area contributed by atoms with Crippen molar-refractivity contribution in [2.24, 2.45) is 11.3 Å². The van der Waals surface area contributed by atoms with Crippen LogP contribution >= 0.6 is 0 Å². The molecule has 0 bridgehead atoms. The van der Waals surface area contributed by atoms with Crippen LogP contribution in [0.15, 0.2) is 11.6 Å². The van der Waals surface area contributed by atoms with Gasteiger partial charge in [-0.05, 0) is 38.7 Å². The molecule has 6 nitrogen and oxygen atoms in total. The van der Waals surface area contributed by atoms with Crippen molar-refractivity contribution in [3.63, 3.8) is 0 Å². The SMILES string of the molecule is CCC(=CC(=N)OCC(C)(C)C(=O)N[C@H](C(=O)OC)C(C)C)CC. The molecule has 138 valence electrons. The molecule has 0 heterocycles. The van der Waals surface area contributed by atoms with Crippen LogP contribution in [0.3, 0.4) is 0 Å². The Hall–Kier alpha value is -1.85. The maximum absolute atomic E-state index is 12.5. The average Bonchev–Trinajstić information content (AvgIpc) is 2.54. The highest BCUT2D eigenvalue weighted by molar-refractivity contribution is 5.89. The normalized spacial score (nSPS) is 12.3. The lowest BCUT2D eigenvalue weighted by atomic mass is 9.92. The highest BCUT2D eigenvalue weighted by Crippen LogP contribution is 2.18. The van der Waals surface area contributed by atoms with Gasteiger partial charge in [0, 0.05) is 0 Å². The number of methoxy groups -OCH3 is 1. The van der Waals surface area contributed by atoms with Crippen LogP contribution in [0.5, 0.6) is 0 Å². The van der Waals surface area contributed by atoms with Gasteiger partial charge in [-0.3, -0.25) is 10.2 Å². The van der Waals surface area contributed by atoms with Gasteiger partial charge in [0.2, 0.25) is 11.8 Å². The Morgan fingerprint density at radius 1 is 1.21 bits per heavy atom. The summed E-state index contributed by atoms with van der Waals surface area (Å²) in [4.78, 5) is 24.2. The summed E-state index contributed by atoms with van der Waals surface area (Å²) >= 11 is 0. The zero-order chi connectivity index (χ0) is 18.9. The van der Waals surface area contributed by atoms with Gasteiger partial charge in [-0.1, -0.05) is 33.3 Å². The molecule has 2 N–H and O–H groups in total. The summed E-state index contributed by atoms with van der Waals surface area (Å²) in [5.41, 5.74) is 0.243. The summed E-state index contributed by atoms with van der Waals surface area (Å²) < 4.78 is 10.1. The van der Waals surface area contributed by atoms with Gasteiger partial charge in [0.05, 0.1) is 12.5 Å².